The largest absolute Gasteiger partial charge is 0.298 e. The quantitative estimate of drug-likeness (QED) is 0.840. The van der Waals surface area contributed by atoms with Gasteiger partial charge in [-0.15, -0.1) is 0 Å². The Morgan fingerprint density at radius 3 is 3.06 bits per heavy atom. The molecule has 4 heteroatoms. The number of rotatable bonds is 2. The van der Waals surface area contributed by atoms with Gasteiger partial charge in [0.15, 0.2) is 5.13 Å². The van der Waals surface area contributed by atoms with Crippen LogP contribution in [-0.4, -0.2) is 10.9 Å². The zero-order valence-corrected chi connectivity index (χ0v) is 10.8. The number of carbonyl (C=O) groups excluding carboxylic acids is 1. The van der Waals surface area contributed by atoms with Gasteiger partial charge in [0.1, 0.15) is 0 Å². The molecule has 0 radical (unpaired) electrons. The molecule has 1 aliphatic carbocycles. The number of aromatic nitrogens is 1. The normalized spacial score (nSPS) is 14.2. The number of carbonyl (C=O) groups is 1. The van der Waals surface area contributed by atoms with Gasteiger partial charge in [0, 0.05) is 0 Å². The summed E-state index contributed by atoms with van der Waals surface area (Å²) in [5, 5.41) is 3.40. The molecule has 3 nitrogen and oxygen atoms in total. The number of thiazole rings is 1. The molecular weight excluding hydrogens is 244 g/mol. The first-order valence-corrected chi connectivity index (χ1v) is 6.94. The van der Waals surface area contributed by atoms with Gasteiger partial charge < -0.3 is 0 Å². The summed E-state index contributed by atoms with van der Waals surface area (Å²) in [7, 11) is 0. The second-order valence-corrected chi connectivity index (χ2v) is 5.50. The van der Waals surface area contributed by atoms with E-state index < -0.39 is 0 Å². The maximum Gasteiger partial charge on any atom is 0.249 e. The Balaban J connectivity index is 2.06. The highest BCUT2D eigenvalue weighted by molar-refractivity contribution is 7.22. The van der Waals surface area contributed by atoms with Gasteiger partial charge in [0.05, 0.1) is 10.2 Å². The third-order valence-electron chi connectivity index (χ3n) is 3.30. The van der Waals surface area contributed by atoms with Gasteiger partial charge in [-0.1, -0.05) is 24.0 Å². The second kappa shape index (κ2) is 4.53. The fourth-order valence-corrected chi connectivity index (χ4v) is 3.33. The van der Waals surface area contributed by atoms with Gasteiger partial charge in [-0.25, -0.2) is 4.98 Å². The maximum atomic E-state index is 11.3. The van der Waals surface area contributed by atoms with Gasteiger partial charge in [0.2, 0.25) is 5.91 Å². The Morgan fingerprint density at radius 1 is 1.39 bits per heavy atom. The van der Waals surface area contributed by atoms with Crippen LogP contribution in [0.25, 0.3) is 10.2 Å². The van der Waals surface area contributed by atoms with Gasteiger partial charge in [-0.2, -0.15) is 0 Å². The monoisotopic (exact) mass is 258 g/mol. The predicted octanol–water partition coefficient (Wildman–Crippen LogP) is 3.30. The second-order valence-electron chi connectivity index (χ2n) is 4.47. The van der Waals surface area contributed by atoms with Crippen molar-refractivity contribution in [2.24, 2.45) is 0 Å². The number of fused-ring (bicyclic) bond motifs is 3. The molecule has 18 heavy (non-hydrogen) atoms. The lowest BCUT2D eigenvalue weighted by Crippen LogP contribution is -2.07. The van der Waals surface area contributed by atoms with E-state index in [2.05, 4.69) is 29.0 Å². The van der Waals surface area contributed by atoms with Crippen LogP contribution in [0.4, 0.5) is 5.13 Å². The maximum absolute atomic E-state index is 11.3. The number of nitrogens with one attached hydrogen (secondary N) is 1. The van der Waals surface area contributed by atoms with E-state index >= 15 is 0 Å². The summed E-state index contributed by atoms with van der Waals surface area (Å²) in [5.74, 6) is -0.206. The van der Waals surface area contributed by atoms with Crippen molar-refractivity contribution in [2.75, 3.05) is 5.32 Å². The van der Waals surface area contributed by atoms with Crippen LogP contribution in [0.15, 0.2) is 24.8 Å². The van der Waals surface area contributed by atoms with Crippen LogP contribution < -0.4 is 5.32 Å². The highest BCUT2D eigenvalue weighted by Crippen LogP contribution is 2.33. The lowest BCUT2D eigenvalue weighted by atomic mass is 9.91. The molecule has 3 rings (SSSR count). The van der Waals surface area contributed by atoms with E-state index in [0.717, 1.165) is 23.1 Å². The molecule has 1 amide bonds. The Bertz CT molecular complexity index is 630. The van der Waals surface area contributed by atoms with E-state index in [0.29, 0.717) is 5.13 Å². The Hall–Kier alpha value is -1.68. The lowest BCUT2D eigenvalue weighted by Gasteiger charge is -2.15. The van der Waals surface area contributed by atoms with E-state index in [-0.39, 0.29) is 5.91 Å². The third kappa shape index (κ3) is 1.93. The number of amides is 1. The molecule has 0 atom stereocenters. The molecule has 0 spiro atoms. The van der Waals surface area contributed by atoms with E-state index in [1.807, 2.05) is 0 Å². The first-order valence-electron chi connectivity index (χ1n) is 6.12. The van der Waals surface area contributed by atoms with Crippen LogP contribution in [0.1, 0.15) is 24.0 Å². The van der Waals surface area contributed by atoms with Crippen LogP contribution in [0.3, 0.4) is 0 Å². The van der Waals surface area contributed by atoms with Gasteiger partial charge in [-0.05, 0) is 49.0 Å². The highest BCUT2D eigenvalue weighted by Gasteiger charge is 2.15. The van der Waals surface area contributed by atoms with Crippen molar-refractivity contribution in [1.29, 1.82) is 0 Å². The Kier molecular flexibility index (Phi) is 2.88. The molecule has 0 bridgehead atoms. The average Bonchev–Trinajstić information content (AvgIpc) is 2.81. The average molecular weight is 258 g/mol. The molecule has 1 heterocycles. The minimum Gasteiger partial charge on any atom is -0.298 e. The van der Waals surface area contributed by atoms with E-state index in [1.54, 1.807) is 0 Å². The molecule has 2 aromatic rings. The number of nitrogens with zero attached hydrogens (tertiary/aromatic N) is 1. The number of benzene rings is 1. The fourth-order valence-electron chi connectivity index (χ4n) is 2.43. The Labute approximate surface area is 110 Å². The predicted molar refractivity (Wildman–Crippen MR) is 75.1 cm³/mol. The molecule has 1 N–H and O–H groups in total. The van der Waals surface area contributed by atoms with E-state index in [4.69, 9.17) is 0 Å². The van der Waals surface area contributed by atoms with Crippen molar-refractivity contribution in [3.05, 3.63) is 35.9 Å². The summed E-state index contributed by atoms with van der Waals surface area (Å²) < 4.78 is 1.15. The summed E-state index contributed by atoms with van der Waals surface area (Å²) in [5.41, 5.74) is 3.85. The standard InChI is InChI=1S/C14H14N2OS/c1-2-12(17)15-14-16-13-10-6-4-3-5-9(10)7-8-11(13)18-14/h2,7-8H,1,3-6H2,(H,15,16,17). The van der Waals surface area contributed by atoms with Crippen molar-refractivity contribution >= 4 is 32.6 Å². The minimum atomic E-state index is -0.206. The molecule has 92 valence electrons. The third-order valence-corrected chi connectivity index (χ3v) is 4.24. The number of hydrogen-bond acceptors (Lipinski definition) is 3. The number of hydrogen-bond donors (Lipinski definition) is 1. The highest BCUT2D eigenvalue weighted by atomic mass is 32.1. The van der Waals surface area contributed by atoms with Crippen molar-refractivity contribution in [2.45, 2.75) is 25.7 Å². The van der Waals surface area contributed by atoms with Crippen LogP contribution in [-0.2, 0) is 17.6 Å². The lowest BCUT2D eigenvalue weighted by molar-refractivity contribution is -0.111. The molecule has 0 saturated carbocycles. The van der Waals surface area contributed by atoms with Crippen LogP contribution >= 0.6 is 11.3 Å². The van der Waals surface area contributed by atoms with Crippen molar-refractivity contribution in [1.82, 2.24) is 4.98 Å². The van der Waals surface area contributed by atoms with Crippen molar-refractivity contribution < 1.29 is 4.79 Å². The summed E-state index contributed by atoms with van der Waals surface area (Å²) in [6.07, 6.45) is 6.02. The molecule has 0 unspecified atom stereocenters. The van der Waals surface area contributed by atoms with Gasteiger partial charge in [0.25, 0.3) is 0 Å². The van der Waals surface area contributed by atoms with Crippen LogP contribution in [0, 0.1) is 0 Å². The van der Waals surface area contributed by atoms with Crippen LogP contribution in [0.5, 0.6) is 0 Å². The molecule has 0 aliphatic heterocycles. The zero-order valence-electron chi connectivity index (χ0n) is 10.0. The summed E-state index contributed by atoms with van der Waals surface area (Å²) >= 11 is 1.52. The summed E-state index contributed by atoms with van der Waals surface area (Å²) in [4.78, 5) is 15.8. The first kappa shape index (κ1) is 11.4. The van der Waals surface area contributed by atoms with E-state index in [9.17, 15) is 4.79 Å². The van der Waals surface area contributed by atoms with Crippen LogP contribution in [0.2, 0.25) is 0 Å². The zero-order chi connectivity index (χ0) is 12.5. The van der Waals surface area contributed by atoms with Crippen molar-refractivity contribution in [3.63, 3.8) is 0 Å². The molecule has 0 saturated heterocycles. The van der Waals surface area contributed by atoms with Gasteiger partial charge >= 0.3 is 0 Å². The summed E-state index contributed by atoms with van der Waals surface area (Å²) in [6.45, 7) is 3.45. The summed E-state index contributed by atoms with van der Waals surface area (Å²) in [6, 6.07) is 4.31. The molecule has 1 aliphatic rings. The van der Waals surface area contributed by atoms with E-state index in [1.165, 1.54) is 41.4 Å². The fraction of sp³-hybridized carbons (Fsp3) is 0.286. The Morgan fingerprint density at radius 2 is 2.22 bits per heavy atom. The van der Waals surface area contributed by atoms with Crippen molar-refractivity contribution in [3.8, 4) is 0 Å². The first-order chi connectivity index (χ1) is 8.78. The SMILES string of the molecule is C=CC(=O)Nc1nc2c3c(ccc2s1)CCCC3. The molecule has 0 fully saturated rings. The minimum absolute atomic E-state index is 0.206. The molecule has 1 aromatic carbocycles. The number of anilines is 1. The van der Waals surface area contributed by atoms with Gasteiger partial charge in [-0.3, -0.25) is 10.1 Å². The molecule has 1 aromatic heterocycles. The topological polar surface area (TPSA) is 42.0 Å². The number of aryl methyl sites for hydroxylation is 2. The molecular formula is C14H14N2OS. The smallest absolute Gasteiger partial charge is 0.249 e.